The summed E-state index contributed by atoms with van der Waals surface area (Å²) in [7, 11) is 0. The van der Waals surface area contributed by atoms with Crippen LogP contribution in [0.15, 0.2) is 50.2 Å². The fourth-order valence-electron chi connectivity index (χ4n) is 3.55. The molecule has 4 nitrogen and oxygen atoms in total. The summed E-state index contributed by atoms with van der Waals surface area (Å²) in [5.74, 6) is 0.502. The molecule has 0 aliphatic carbocycles. The summed E-state index contributed by atoms with van der Waals surface area (Å²) in [4.78, 5) is 15.8. The number of benzene rings is 1. The van der Waals surface area contributed by atoms with E-state index in [1.165, 1.54) is 4.90 Å². The van der Waals surface area contributed by atoms with Crippen molar-refractivity contribution in [2.75, 3.05) is 19.3 Å². The van der Waals surface area contributed by atoms with Gasteiger partial charge in [-0.2, -0.15) is 0 Å². The van der Waals surface area contributed by atoms with E-state index in [9.17, 15) is 0 Å². The Morgan fingerprint density at radius 2 is 1.88 bits per heavy atom. The van der Waals surface area contributed by atoms with E-state index in [4.69, 9.17) is 15.0 Å². The highest BCUT2D eigenvalue weighted by Crippen LogP contribution is 2.34. The minimum absolute atomic E-state index is 0.342. The first-order chi connectivity index (χ1) is 11.7. The van der Waals surface area contributed by atoms with Gasteiger partial charge in [0.15, 0.2) is 5.66 Å². The van der Waals surface area contributed by atoms with Gasteiger partial charge in [0.2, 0.25) is 0 Å². The second-order valence-corrected chi connectivity index (χ2v) is 7.51. The molecule has 1 saturated heterocycles. The molecule has 4 rings (SSSR count). The minimum atomic E-state index is -0.342. The van der Waals surface area contributed by atoms with Crippen LogP contribution in [0, 0.1) is 5.92 Å². The Balaban J connectivity index is 1.62. The van der Waals surface area contributed by atoms with Crippen LogP contribution in [0.3, 0.4) is 0 Å². The van der Waals surface area contributed by atoms with E-state index in [-0.39, 0.29) is 5.66 Å². The van der Waals surface area contributed by atoms with Gasteiger partial charge in [-0.1, -0.05) is 12.1 Å². The molecule has 0 spiro atoms. The molecule has 0 bridgehead atoms. The zero-order valence-electron chi connectivity index (χ0n) is 14.1. The van der Waals surface area contributed by atoms with E-state index in [1.807, 2.05) is 6.21 Å². The van der Waals surface area contributed by atoms with Gasteiger partial charge in [0, 0.05) is 16.4 Å². The molecule has 5 heteroatoms. The van der Waals surface area contributed by atoms with E-state index in [2.05, 4.69) is 48.8 Å². The Kier molecular flexibility index (Phi) is 4.14. The molecule has 0 aromatic heterocycles. The molecule has 1 atom stereocenters. The van der Waals surface area contributed by atoms with Crippen LogP contribution in [0.25, 0.3) is 5.70 Å². The van der Waals surface area contributed by atoms with Crippen LogP contribution in [0.4, 0.5) is 0 Å². The largest absolute Gasteiger partial charge is 0.317 e. The normalized spacial score (nSPS) is 26.7. The lowest BCUT2D eigenvalue weighted by molar-refractivity contribution is 0.244. The van der Waals surface area contributed by atoms with E-state index in [0.29, 0.717) is 5.92 Å². The standard InChI is InChI=1S/C19H22N4S/c1-19(14-7-9-20-10-8-14)21-12-18-17(23-19)11-16(22-18)13-3-5-15(24-2)6-4-13/h3-6,11-12,14,20H,7-10H2,1-2H3. The van der Waals surface area contributed by atoms with Gasteiger partial charge in [-0.05, 0) is 57.3 Å². The highest BCUT2D eigenvalue weighted by atomic mass is 32.2. The minimum Gasteiger partial charge on any atom is -0.317 e. The van der Waals surface area contributed by atoms with Crippen LogP contribution in [0.2, 0.25) is 0 Å². The molecule has 3 aliphatic heterocycles. The molecule has 3 aliphatic rings. The van der Waals surface area contributed by atoms with Crippen molar-refractivity contribution in [3.8, 4) is 0 Å². The van der Waals surface area contributed by atoms with Gasteiger partial charge in [0.05, 0.1) is 17.6 Å². The first-order valence-electron chi connectivity index (χ1n) is 8.49. The lowest BCUT2D eigenvalue weighted by atomic mass is 9.85. The number of hydrogen-bond acceptors (Lipinski definition) is 5. The third kappa shape index (κ3) is 2.87. The predicted octanol–water partition coefficient (Wildman–Crippen LogP) is 3.45. The van der Waals surface area contributed by atoms with Crippen LogP contribution in [-0.4, -0.2) is 42.6 Å². The maximum atomic E-state index is 4.99. The number of rotatable bonds is 3. The fraction of sp³-hybridized carbons (Fsp3) is 0.421. The molecule has 3 heterocycles. The second-order valence-electron chi connectivity index (χ2n) is 6.63. The summed E-state index contributed by atoms with van der Waals surface area (Å²) < 4.78 is 0. The van der Waals surface area contributed by atoms with E-state index >= 15 is 0 Å². The fourth-order valence-corrected chi connectivity index (χ4v) is 3.96. The quantitative estimate of drug-likeness (QED) is 0.858. The van der Waals surface area contributed by atoms with Gasteiger partial charge in [0.25, 0.3) is 0 Å². The third-order valence-electron chi connectivity index (χ3n) is 5.07. The average Bonchev–Trinajstić information content (AvgIpc) is 3.05. The molecule has 124 valence electrons. The number of fused-ring (bicyclic) bond motifs is 1. The Morgan fingerprint density at radius 1 is 1.12 bits per heavy atom. The van der Waals surface area contributed by atoms with Crippen LogP contribution in [0.1, 0.15) is 25.3 Å². The molecular weight excluding hydrogens is 316 g/mol. The zero-order chi connectivity index (χ0) is 16.6. The molecule has 1 N–H and O–H groups in total. The first kappa shape index (κ1) is 15.8. The summed E-state index contributed by atoms with van der Waals surface area (Å²) >= 11 is 1.75. The summed E-state index contributed by atoms with van der Waals surface area (Å²) in [6.07, 6.45) is 8.37. The number of nitrogens with one attached hydrogen (secondary N) is 1. The van der Waals surface area contributed by atoms with Crippen molar-refractivity contribution in [1.29, 1.82) is 0 Å². The highest BCUT2D eigenvalue weighted by molar-refractivity contribution is 7.98. The van der Waals surface area contributed by atoms with Crippen molar-refractivity contribution in [2.45, 2.75) is 30.3 Å². The van der Waals surface area contributed by atoms with E-state index in [1.54, 1.807) is 11.8 Å². The lowest BCUT2D eigenvalue weighted by Crippen LogP contribution is -2.42. The molecule has 1 fully saturated rings. The van der Waals surface area contributed by atoms with Crippen molar-refractivity contribution < 1.29 is 0 Å². The molecular formula is C19H22N4S. The van der Waals surface area contributed by atoms with Crippen molar-refractivity contribution in [3.63, 3.8) is 0 Å². The summed E-state index contributed by atoms with van der Waals surface area (Å²) in [5, 5.41) is 3.42. The van der Waals surface area contributed by atoms with Crippen LogP contribution < -0.4 is 5.32 Å². The smallest absolute Gasteiger partial charge is 0.151 e. The van der Waals surface area contributed by atoms with E-state index in [0.717, 1.165) is 48.6 Å². The van der Waals surface area contributed by atoms with Crippen molar-refractivity contribution >= 4 is 35.1 Å². The third-order valence-corrected chi connectivity index (χ3v) is 5.81. The van der Waals surface area contributed by atoms with E-state index < -0.39 is 0 Å². The molecule has 1 aromatic carbocycles. The summed E-state index contributed by atoms with van der Waals surface area (Å²) in [6.45, 7) is 4.28. The Bertz CT molecular complexity index is 754. The van der Waals surface area contributed by atoms with Gasteiger partial charge in [-0.25, -0.2) is 4.99 Å². The monoisotopic (exact) mass is 338 g/mol. The molecule has 1 aromatic rings. The maximum absolute atomic E-state index is 4.99. The number of thioether (sulfide) groups is 1. The molecule has 24 heavy (non-hydrogen) atoms. The Labute approximate surface area is 147 Å². The number of allylic oxidation sites excluding steroid dienone is 1. The SMILES string of the molecule is CSc1ccc(C2=CC3=NC(C)(C4CCNCC4)N=CC3=N2)cc1. The van der Waals surface area contributed by atoms with Crippen LogP contribution in [0.5, 0.6) is 0 Å². The number of aliphatic imine (C=N–C) groups is 3. The first-order valence-corrected chi connectivity index (χ1v) is 9.71. The van der Waals surface area contributed by atoms with Crippen molar-refractivity contribution in [1.82, 2.24) is 5.32 Å². The van der Waals surface area contributed by atoms with Crippen LogP contribution >= 0.6 is 11.8 Å². The topological polar surface area (TPSA) is 49.1 Å². The number of piperidine rings is 1. The molecule has 0 saturated carbocycles. The van der Waals surface area contributed by atoms with Gasteiger partial charge in [-0.15, -0.1) is 11.8 Å². The molecule has 1 unspecified atom stereocenters. The predicted molar refractivity (Wildman–Crippen MR) is 104 cm³/mol. The van der Waals surface area contributed by atoms with Crippen LogP contribution in [-0.2, 0) is 0 Å². The highest BCUT2D eigenvalue weighted by Gasteiger charge is 2.37. The Morgan fingerprint density at radius 3 is 2.58 bits per heavy atom. The van der Waals surface area contributed by atoms with Gasteiger partial charge < -0.3 is 5.32 Å². The van der Waals surface area contributed by atoms with Gasteiger partial charge >= 0.3 is 0 Å². The van der Waals surface area contributed by atoms with Crippen molar-refractivity contribution in [3.05, 3.63) is 35.9 Å². The second kappa shape index (κ2) is 6.30. The van der Waals surface area contributed by atoms with Gasteiger partial charge in [0.1, 0.15) is 5.71 Å². The number of hydrogen-bond donors (Lipinski definition) is 1. The molecule has 0 radical (unpaired) electrons. The zero-order valence-corrected chi connectivity index (χ0v) is 14.9. The Hall–Kier alpha value is -1.72. The lowest BCUT2D eigenvalue weighted by Gasteiger charge is -2.35. The summed E-state index contributed by atoms with van der Waals surface area (Å²) in [6, 6.07) is 8.53. The average molecular weight is 338 g/mol. The van der Waals surface area contributed by atoms with Crippen molar-refractivity contribution in [2.24, 2.45) is 20.9 Å². The van der Waals surface area contributed by atoms with Gasteiger partial charge in [-0.3, -0.25) is 9.98 Å². The maximum Gasteiger partial charge on any atom is 0.151 e. The molecule has 0 amide bonds. The number of nitrogens with zero attached hydrogens (tertiary/aromatic N) is 3. The summed E-state index contributed by atoms with van der Waals surface area (Å²) in [5.41, 5.74) is 3.65.